The lowest BCUT2D eigenvalue weighted by Crippen LogP contribution is -2.46. The summed E-state index contributed by atoms with van der Waals surface area (Å²) in [4.78, 5) is 13.9. The zero-order chi connectivity index (χ0) is 15.7. The van der Waals surface area contributed by atoms with E-state index in [1.165, 1.54) is 0 Å². The highest BCUT2D eigenvalue weighted by molar-refractivity contribution is 5.81. The van der Waals surface area contributed by atoms with Crippen LogP contribution in [-0.4, -0.2) is 73.6 Å². The van der Waals surface area contributed by atoms with Gasteiger partial charge in [0.15, 0.2) is 0 Å². The number of hydrogen-bond donors (Lipinski definition) is 2. The van der Waals surface area contributed by atoms with Gasteiger partial charge in [-0.25, -0.2) is 0 Å². The minimum Gasteiger partial charge on any atom is -0.389 e. The number of carbonyl (C=O) groups is 1. The van der Waals surface area contributed by atoms with Gasteiger partial charge in [-0.3, -0.25) is 4.79 Å². The molecule has 0 radical (unpaired) electrons. The topological polar surface area (TPSA) is 71.0 Å². The molecule has 1 rings (SSSR count). The van der Waals surface area contributed by atoms with E-state index in [9.17, 15) is 9.90 Å². The van der Waals surface area contributed by atoms with Crippen LogP contribution in [0.15, 0.2) is 0 Å². The molecule has 0 saturated carbocycles. The normalized spacial score (nSPS) is 18.2. The Morgan fingerprint density at radius 3 is 2.52 bits per heavy atom. The average molecular weight is 302 g/mol. The van der Waals surface area contributed by atoms with Gasteiger partial charge in [0.2, 0.25) is 5.91 Å². The summed E-state index contributed by atoms with van der Waals surface area (Å²) in [6.07, 6.45) is 1.76. The standard InChI is InChI=1S/C15H30N2O4/c1-12(2)21-9-8-20-11-14(18)10-16-13(3)15(19)17-6-4-5-7-17/h12-14,16,18H,4-11H2,1-3H3. The third kappa shape index (κ3) is 7.76. The van der Waals surface area contributed by atoms with Crippen LogP contribution in [0.1, 0.15) is 33.6 Å². The summed E-state index contributed by atoms with van der Waals surface area (Å²) in [5, 5.41) is 12.9. The molecule has 1 amide bonds. The number of nitrogens with zero attached hydrogens (tertiary/aromatic N) is 1. The van der Waals surface area contributed by atoms with Crippen LogP contribution in [-0.2, 0) is 14.3 Å². The van der Waals surface area contributed by atoms with Crippen LogP contribution >= 0.6 is 0 Å². The first-order chi connectivity index (χ1) is 10.0. The lowest BCUT2D eigenvalue weighted by Gasteiger charge is -2.22. The smallest absolute Gasteiger partial charge is 0.239 e. The van der Waals surface area contributed by atoms with Crippen molar-refractivity contribution < 1.29 is 19.4 Å². The highest BCUT2D eigenvalue weighted by atomic mass is 16.5. The van der Waals surface area contributed by atoms with Crippen molar-refractivity contribution in [3.8, 4) is 0 Å². The molecular formula is C15H30N2O4. The third-order valence-corrected chi connectivity index (χ3v) is 3.44. The van der Waals surface area contributed by atoms with Gasteiger partial charge in [-0.15, -0.1) is 0 Å². The first-order valence-corrected chi connectivity index (χ1v) is 7.90. The Morgan fingerprint density at radius 1 is 1.24 bits per heavy atom. The van der Waals surface area contributed by atoms with Crippen molar-refractivity contribution in [2.24, 2.45) is 0 Å². The van der Waals surface area contributed by atoms with Crippen molar-refractivity contribution in [3.63, 3.8) is 0 Å². The van der Waals surface area contributed by atoms with Crippen molar-refractivity contribution in [1.29, 1.82) is 0 Å². The molecule has 0 aromatic rings. The second-order valence-corrected chi connectivity index (χ2v) is 5.81. The molecule has 6 nitrogen and oxygen atoms in total. The molecule has 1 aliphatic heterocycles. The number of aliphatic hydroxyl groups is 1. The average Bonchev–Trinajstić information content (AvgIpc) is 2.97. The molecule has 1 heterocycles. The van der Waals surface area contributed by atoms with E-state index < -0.39 is 6.10 Å². The lowest BCUT2D eigenvalue weighted by atomic mass is 10.2. The van der Waals surface area contributed by atoms with E-state index in [0.717, 1.165) is 25.9 Å². The molecule has 1 aliphatic rings. The van der Waals surface area contributed by atoms with E-state index in [0.29, 0.717) is 19.8 Å². The molecule has 0 bridgehead atoms. The molecule has 1 saturated heterocycles. The van der Waals surface area contributed by atoms with E-state index in [4.69, 9.17) is 9.47 Å². The summed E-state index contributed by atoms with van der Waals surface area (Å²) in [5.74, 6) is 0.117. The quantitative estimate of drug-likeness (QED) is 0.571. The van der Waals surface area contributed by atoms with E-state index in [1.54, 1.807) is 0 Å². The van der Waals surface area contributed by atoms with Crippen LogP contribution in [0.4, 0.5) is 0 Å². The van der Waals surface area contributed by atoms with Crippen LogP contribution in [0, 0.1) is 0 Å². The lowest BCUT2D eigenvalue weighted by molar-refractivity contribution is -0.132. The van der Waals surface area contributed by atoms with Gasteiger partial charge in [-0.1, -0.05) is 0 Å². The first-order valence-electron chi connectivity index (χ1n) is 7.90. The van der Waals surface area contributed by atoms with Gasteiger partial charge >= 0.3 is 0 Å². The number of carbonyl (C=O) groups excluding carboxylic acids is 1. The SMILES string of the molecule is CC(C)OCCOCC(O)CNC(C)C(=O)N1CCCC1. The fourth-order valence-electron chi connectivity index (χ4n) is 2.23. The number of likely N-dealkylation sites (tertiary alicyclic amines) is 1. The third-order valence-electron chi connectivity index (χ3n) is 3.44. The Hall–Kier alpha value is -0.690. The molecule has 2 unspecified atom stereocenters. The van der Waals surface area contributed by atoms with Crippen LogP contribution in [0.2, 0.25) is 0 Å². The largest absolute Gasteiger partial charge is 0.389 e. The zero-order valence-corrected chi connectivity index (χ0v) is 13.5. The molecule has 2 N–H and O–H groups in total. The molecule has 2 atom stereocenters. The number of rotatable bonds is 10. The molecule has 0 aromatic heterocycles. The second kappa shape index (κ2) is 10.1. The van der Waals surface area contributed by atoms with Crippen molar-refractivity contribution in [1.82, 2.24) is 10.2 Å². The highest BCUT2D eigenvalue weighted by Gasteiger charge is 2.23. The predicted molar refractivity (Wildman–Crippen MR) is 81.2 cm³/mol. The van der Waals surface area contributed by atoms with Crippen molar-refractivity contribution in [3.05, 3.63) is 0 Å². The number of ether oxygens (including phenoxy) is 2. The molecule has 0 spiro atoms. The first kappa shape index (κ1) is 18.4. The molecule has 0 aromatic carbocycles. The van der Waals surface area contributed by atoms with Gasteiger partial charge in [-0.05, 0) is 33.6 Å². The fraction of sp³-hybridized carbons (Fsp3) is 0.933. The predicted octanol–water partition coefficient (Wildman–Crippen LogP) is 0.389. The van der Waals surface area contributed by atoms with E-state index in [2.05, 4.69) is 5.32 Å². The van der Waals surface area contributed by atoms with Gasteiger partial charge in [0.25, 0.3) is 0 Å². The minimum absolute atomic E-state index is 0.117. The molecule has 124 valence electrons. The summed E-state index contributed by atoms with van der Waals surface area (Å²) in [6, 6.07) is -0.262. The maximum atomic E-state index is 12.1. The second-order valence-electron chi connectivity index (χ2n) is 5.81. The summed E-state index contributed by atoms with van der Waals surface area (Å²) in [7, 11) is 0. The molecule has 6 heteroatoms. The number of nitrogens with one attached hydrogen (secondary N) is 1. The molecule has 21 heavy (non-hydrogen) atoms. The molecule has 0 aliphatic carbocycles. The fourth-order valence-corrected chi connectivity index (χ4v) is 2.23. The van der Waals surface area contributed by atoms with Crippen molar-refractivity contribution in [2.75, 3.05) is 39.5 Å². The maximum absolute atomic E-state index is 12.1. The summed E-state index contributed by atoms with van der Waals surface area (Å²) >= 11 is 0. The summed E-state index contributed by atoms with van der Waals surface area (Å²) in [6.45, 7) is 9.09. The van der Waals surface area contributed by atoms with Crippen LogP contribution < -0.4 is 5.32 Å². The Labute approximate surface area is 127 Å². The number of hydrogen-bond acceptors (Lipinski definition) is 5. The maximum Gasteiger partial charge on any atom is 0.239 e. The van der Waals surface area contributed by atoms with Gasteiger partial charge < -0.3 is 24.8 Å². The van der Waals surface area contributed by atoms with Gasteiger partial charge in [-0.2, -0.15) is 0 Å². The number of aliphatic hydroxyl groups excluding tert-OH is 1. The Bertz CT molecular complexity index is 293. The van der Waals surface area contributed by atoms with Crippen molar-refractivity contribution >= 4 is 5.91 Å². The van der Waals surface area contributed by atoms with Crippen LogP contribution in [0.25, 0.3) is 0 Å². The Morgan fingerprint density at radius 2 is 1.90 bits per heavy atom. The molecule has 1 fully saturated rings. The Balaban J connectivity index is 2.06. The van der Waals surface area contributed by atoms with E-state index in [-0.39, 0.29) is 24.7 Å². The van der Waals surface area contributed by atoms with Crippen LogP contribution in [0.5, 0.6) is 0 Å². The number of amides is 1. The van der Waals surface area contributed by atoms with Crippen LogP contribution in [0.3, 0.4) is 0 Å². The van der Waals surface area contributed by atoms with E-state index in [1.807, 2.05) is 25.7 Å². The van der Waals surface area contributed by atoms with E-state index >= 15 is 0 Å². The summed E-state index contributed by atoms with van der Waals surface area (Å²) < 4.78 is 10.7. The van der Waals surface area contributed by atoms with Crippen molar-refractivity contribution in [2.45, 2.75) is 51.9 Å². The summed E-state index contributed by atoms with van der Waals surface area (Å²) in [5.41, 5.74) is 0. The van der Waals surface area contributed by atoms with Gasteiger partial charge in [0, 0.05) is 19.6 Å². The van der Waals surface area contributed by atoms with Gasteiger partial charge in [0.1, 0.15) is 0 Å². The Kier molecular flexibility index (Phi) is 8.84. The highest BCUT2D eigenvalue weighted by Crippen LogP contribution is 2.08. The zero-order valence-electron chi connectivity index (χ0n) is 13.5. The molecular weight excluding hydrogens is 272 g/mol. The van der Waals surface area contributed by atoms with Gasteiger partial charge in [0.05, 0.1) is 38.1 Å². The minimum atomic E-state index is -0.613. The monoisotopic (exact) mass is 302 g/mol.